The first-order valence-electron chi connectivity index (χ1n) is 6.97. The lowest BCUT2D eigenvalue weighted by Crippen LogP contribution is -2.49. The molecule has 1 unspecified atom stereocenters. The van der Waals surface area contributed by atoms with Crippen LogP contribution >= 0.6 is 23.7 Å². The zero-order chi connectivity index (χ0) is 12.4. The molecule has 1 aromatic rings. The van der Waals surface area contributed by atoms with Gasteiger partial charge < -0.3 is 10.2 Å². The molecule has 1 atom stereocenters. The minimum Gasteiger partial charge on any atom is -0.361 e. The van der Waals surface area contributed by atoms with Crippen LogP contribution in [0.2, 0.25) is 0 Å². The fraction of sp³-hybridized carbons (Fsp3) is 0.714. The number of halogens is 1. The van der Waals surface area contributed by atoms with Gasteiger partial charge in [-0.3, -0.25) is 4.90 Å². The van der Waals surface area contributed by atoms with Gasteiger partial charge in [0.15, 0.2) is 0 Å². The summed E-state index contributed by atoms with van der Waals surface area (Å²) in [6.07, 6.45) is 1.33. The van der Waals surface area contributed by atoms with Crippen molar-refractivity contribution in [1.29, 1.82) is 0 Å². The van der Waals surface area contributed by atoms with E-state index in [4.69, 9.17) is 0 Å². The van der Waals surface area contributed by atoms with Crippen LogP contribution in [0, 0.1) is 5.41 Å². The Labute approximate surface area is 126 Å². The molecule has 2 aliphatic rings. The van der Waals surface area contributed by atoms with E-state index in [1.54, 1.807) is 0 Å². The highest BCUT2D eigenvalue weighted by molar-refractivity contribution is 7.14. The van der Waals surface area contributed by atoms with E-state index in [0.29, 0.717) is 5.41 Å². The van der Waals surface area contributed by atoms with E-state index in [-0.39, 0.29) is 12.4 Å². The topological polar surface area (TPSA) is 18.5 Å². The minimum atomic E-state index is 0. The molecule has 1 aromatic heterocycles. The summed E-state index contributed by atoms with van der Waals surface area (Å²) in [4.78, 5) is 5.17. The Kier molecular flexibility index (Phi) is 5.12. The molecular weight excluding hydrogens is 278 g/mol. The third-order valence-electron chi connectivity index (χ3n) is 4.25. The Morgan fingerprint density at radius 2 is 2.11 bits per heavy atom. The van der Waals surface area contributed by atoms with Gasteiger partial charge >= 0.3 is 0 Å². The fourth-order valence-electron chi connectivity index (χ4n) is 3.12. The molecule has 3 nitrogen and oxygen atoms in total. The first kappa shape index (κ1) is 15.1. The maximum Gasteiger partial charge on any atom is 0.0909 e. The Hall–Kier alpha value is -0.290. The highest BCUT2D eigenvalue weighted by Gasteiger charge is 2.31. The number of nitrogens with zero attached hydrogens (tertiary/aromatic N) is 2. The van der Waals surface area contributed by atoms with Gasteiger partial charge in [0.1, 0.15) is 0 Å². The molecule has 0 amide bonds. The van der Waals surface area contributed by atoms with Gasteiger partial charge in [-0.2, -0.15) is 0 Å². The van der Waals surface area contributed by atoms with Crippen molar-refractivity contribution < 1.29 is 0 Å². The van der Waals surface area contributed by atoms with Gasteiger partial charge in [-0.25, -0.2) is 0 Å². The summed E-state index contributed by atoms with van der Waals surface area (Å²) in [6.45, 7) is 10.9. The van der Waals surface area contributed by atoms with Gasteiger partial charge in [-0.15, -0.1) is 23.7 Å². The lowest BCUT2D eigenvalue weighted by molar-refractivity contribution is 0.170. The Morgan fingerprint density at radius 3 is 2.68 bits per heavy atom. The predicted molar refractivity (Wildman–Crippen MR) is 85.8 cm³/mol. The highest BCUT2D eigenvalue weighted by Crippen LogP contribution is 2.27. The standard InChI is InChI=1S/C14H23N3S.ClH/c1-14(4-5-15-11-14)12-16-6-8-17(9-7-16)13-3-2-10-18-13;/h2-3,10,15H,4-9,11-12H2,1H3;1H. The monoisotopic (exact) mass is 301 g/mol. The average Bonchev–Trinajstić information content (AvgIpc) is 3.02. The van der Waals surface area contributed by atoms with Crippen molar-refractivity contribution >= 4 is 28.7 Å². The molecule has 0 saturated carbocycles. The van der Waals surface area contributed by atoms with Crippen molar-refractivity contribution in [3.63, 3.8) is 0 Å². The van der Waals surface area contributed by atoms with E-state index >= 15 is 0 Å². The minimum absolute atomic E-state index is 0. The molecule has 3 rings (SSSR count). The zero-order valence-electron chi connectivity index (χ0n) is 11.6. The summed E-state index contributed by atoms with van der Waals surface area (Å²) in [5.41, 5.74) is 0.505. The zero-order valence-corrected chi connectivity index (χ0v) is 13.2. The summed E-state index contributed by atoms with van der Waals surface area (Å²) in [6, 6.07) is 4.39. The van der Waals surface area contributed by atoms with Crippen LogP contribution in [0.25, 0.3) is 0 Å². The van der Waals surface area contributed by atoms with Crippen molar-refractivity contribution in [3.05, 3.63) is 17.5 Å². The van der Waals surface area contributed by atoms with Gasteiger partial charge in [-0.05, 0) is 35.9 Å². The number of hydrogen-bond acceptors (Lipinski definition) is 4. The largest absolute Gasteiger partial charge is 0.361 e. The maximum absolute atomic E-state index is 3.50. The second kappa shape index (κ2) is 6.44. The van der Waals surface area contributed by atoms with Crippen molar-refractivity contribution in [2.24, 2.45) is 5.41 Å². The smallest absolute Gasteiger partial charge is 0.0909 e. The fourth-order valence-corrected chi connectivity index (χ4v) is 3.91. The molecule has 5 heteroatoms. The molecule has 2 saturated heterocycles. The normalized spacial score (nSPS) is 28.4. The molecule has 0 radical (unpaired) electrons. The Bertz CT molecular complexity index is 368. The van der Waals surface area contributed by atoms with Crippen molar-refractivity contribution in [1.82, 2.24) is 10.2 Å². The highest BCUT2D eigenvalue weighted by atomic mass is 35.5. The molecule has 108 valence electrons. The summed E-state index contributed by atoms with van der Waals surface area (Å²) in [5, 5.41) is 7.11. The molecule has 0 aliphatic carbocycles. The quantitative estimate of drug-likeness (QED) is 0.924. The summed E-state index contributed by atoms with van der Waals surface area (Å²) in [5.74, 6) is 0. The third kappa shape index (κ3) is 3.63. The molecular formula is C14H24ClN3S. The van der Waals surface area contributed by atoms with E-state index in [1.165, 1.54) is 57.2 Å². The van der Waals surface area contributed by atoms with Gasteiger partial charge in [0.2, 0.25) is 0 Å². The van der Waals surface area contributed by atoms with Crippen LogP contribution in [0.1, 0.15) is 13.3 Å². The van der Waals surface area contributed by atoms with E-state index in [9.17, 15) is 0 Å². The van der Waals surface area contributed by atoms with E-state index < -0.39 is 0 Å². The van der Waals surface area contributed by atoms with Crippen molar-refractivity contribution in [3.8, 4) is 0 Å². The van der Waals surface area contributed by atoms with E-state index in [2.05, 4.69) is 39.6 Å². The lowest BCUT2D eigenvalue weighted by atomic mass is 9.89. The summed E-state index contributed by atoms with van der Waals surface area (Å²) in [7, 11) is 0. The van der Waals surface area contributed by atoms with E-state index in [1.807, 2.05) is 11.3 Å². The second-order valence-corrected chi connectivity index (χ2v) is 6.88. The maximum atomic E-state index is 3.50. The summed E-state index contributed by atoms with van der Waals surface area (Å²) >= 11 is 1.86. The molecule has 0 spiro atoms. The van der Waals surface area contributed by atoms with Crippen LogP contribution < -0.4 is 10.2 Å². The molecule has 19 heavy (non-hydrogen) atoms. The average molecular weight is 302 g/mol. The van der Waals surface area contributed by atoms with Gasteiger partial charge in [-0.1, -0.05) is 6.92 Å². The van der Waals surface area contributed by atoms with Crippen LogP contribution in [-0.2, 0) is 0 Å². The number of nitrogens with one attached hydrogen (secondary N) is 1. The van der Waals surface area contributed by atoms with Gasteiger partial charge in [0, 0.05) is 39.3 Å². The number of anilines is 1. The molecule has 1 N–H and O–H groups in total. The molecule has 3 heterocycles. The number of thiophene rings is 1. The lowest BCUT2D eigenvalue weighted by Gasteiger charge is -2.39. The van der Waals surface area contributed by atoms with Crippen LogP contribution in [0.4, 0.5) is 5.00 Å². The molecule has 2 fully saturated rings. The van der Waals surface area contributed by atoms with Crippen molar-refractivity contribution in [2.45, 2.75) is 13.3 Å². The van der Waals surface area contributed by atoms with Gasteiger partial charge in [0.05, 0.1) is 5.00 Å². The number of rotatable bonds is 3. The second-order valence-electron chi connectivity index (χ2n) is 5.95. The number of hydrogen-bond donors (Lipinski definition) is 1. The van der Waals surface area contributed by atoms with Crippen LogP contribution in [0.5, 0.6) is 0 Å². The Balaban J connectivity index is 0.00000133. The SMILES string of the molecule is CC1(CN2CCN(c3cccs3)CC2)CCNC1.Cl. The predicted octanol–water partition coefficient (Wildman–Crippen LogP) is 2.29. The third-order valence-corrected chi connectivity index (χ3v) is 5.18. The van der Waals surface area contributed by atoms with E-state index in [0.717, 1.165) is 0 Å². The van der Waals surface area contributed by atoms with Gasteiger partial charge in [0.25, 0.3) is 0 Å². The van der Waals surface area contributed by atoms with Crippen LogP contribution in [0.3, 0.4) is 0 Å². The van der Waals surface area contributed by atoms with Crippen LogP contribution in [-0.4, -0.2) is 50.7 Å². The van der Waals surface area contributed by atoms with Crippen LogP contribution in [0.15, 0.2) is 17.5 Å². The van der Waals surface area contributed by atoms with Crippen molar-refractivity contribution in [2.75, 3.05) is 50.7 Å². The summed E-state index contributed by atoms with van der Waals surface area (Å²) < 4.78 is 0. The Morgan fingerprint density at radius 1 is 1.32 bits per heavy atom. The first-order chi connectivity index (χ1) is 8.75. The first-order valence-corrected chi connectivity index (χ1v) is 7.85. The molecule has 0 aromatic carbocycles. The molecule has 0 bridgehead atoms. The number of piperazine rings is 1. The molecule has 2 aliphatic heterocycles.